The Balaban J connectivity index is 2.46. The summed E-state index contributed by atoms with van der Waals surface area (Å²) in [5, 5.41) is 4.54. The summed E-state index contributed by atoms with van der Waals surface area (Å²) in [5.41, 5.74) is 10.2. The Morgan fingerprint density at radius 2 is 1.89 bits per heavy atom. The lowest BCUT2D eigenvalue weighted by Crippen LogP contribution is -2.43. The van der Waals surface area contributed by atoms with E-state index in [0.717, 1.165) is 18.7 Å². The van der Waals surface area contributed by atoms with Crippen LogP contribution < -0.4 is 5.73 Å². The number of likely N-dealkylation sites (tertiary alicyclic amines) is 1. The molecule has 1 aromatic heterocycles. The lowest BCUT2D eigenvalue weighted by Gasteiger charge is -2.38. The van der Waals surface area contributed by atoms with Gasteiger partial charge in [-0.2, -0.15) is 5.10 Å². The van der Waals surface area contributed by atoms with Crippen molar-refractivity contribution in [1.82, 2.24) is 14.7 Å². The Kier molecular flexibility index (Phi) is 3.28. The molecule has 102 valence electrons. The second-order valence-electron chi connectivity index (χ2n) is 6.47. The fourth-order valence-electron chi connectivity index (χ4n) is 3.16. The molecule has 2 unspecified atom stereocenters. The second-order valence-corrected chi connectivity index (χ2v) is 6.47. The predicted molar refractivity (Wildman–Crippen MR) is 74.5 cm³/mol. The second kappa shape index (κ2) is 4.35. The minimum absolute atomic E-state index is 0.146. The molecule has 1 aliphatic rings. The summed E-state index contributed by atoms with van der Waals surface area (Å²) in [6.07, 6.45) is 1.07. The number of hydrogen-bond acceptors (Lipinski definition) is 3. The van der Waals surface area contributed by atoms with Gasteiger partial charge in [-0.3, -0.25) is 9.58 Å². The zero-order chi connectivity index (χ0) is 13.7. The van der Waals surface area contributed by atoms with Crippen molar-refractivity contribution in [2.75, 3.05) is 6.54 Å². The van der Waals surface area contributed by atoms with Crippen LogP contribution in [-0.4, -0.2) is 32.8 Å². The first kappa shape index (κ1) is 13.6. The van der Waals surface area contributed by atoms with Gasteiger partial charge in [-0.05, 0) is 41.0 Å². The molecule has 4 heteroatoms. The first-order valence-electron chi connectivity index (χ1n) is 6.76. The van der Waals surface area contributed by atoms with Crippen molar-refractivity contribution < 1.29 is 0 Å². The number of rotatable bonds is 1. The highest BCUT2D eigenvalue weighted by molar-refractivity contribution is 5.31. The quantitative estimate of drug-likeness (QED) is 0.828. The van der Waals surface area contributed by atoms with Gasteiger partial charge in [0.1, 0.15) is 0 Å². The molecular weight excluding hydrogens is 224 g/mol. The van der Waals surface area contributed by atoms with Crippen LogP contribution in [0.1, 0.15) is 50.2 Å². The average molecular weight is 250 g/mol. The summed E-state index contributed by atoms with van der Waals surface area (Å²) >= 11 is 0. The van der Waals surface area contributed by atoms with Crippen LogP contribution in [0.5, 0.6) is 0 Å². The number of aromatic nitrogens is 2. The summed E-state index contributed by atoms with van der Waals surface area (Å²) in [4.78, 5) is 2.52. The highest BCUT2D eigenvalue weighted by Crippen LogP contribution is 2.38. The van der Waals surface area contributed by atoms with Crippen molar-refractivity contribution in [2.24, 2.45) is 12.8 Å². The topological polar surface area (TPSA) is 47.1 Å². The lowest BCUT2D eigenvalue weighted by molar-refractivity contribution is 0.116. The average Bonchev–Trinajstić information content (AvgIpc) is 2.70. The molecule has 0 bridgehead atoms. The molecule has 2 atom stereocenters. The van der Waals surface area contributed by atoms with Crippen molar-refractivity contribution in [3.63, 3.8) is 0 Å². The summed E-state index contributed by atoms with van der Waals surface area (Å²) in [7, 11) is 2.01. The van der Waals surface area contributed by atoms with E-state index >= 15 is 0 Å². The molecule has 2 rings (SSSR count). The Labute approximate surface area is 110 Å². The Hall–Kier alpha value is -0.870. The van der Waals surface area contributed by atoms with Crippen molar-refractivity contribution in [3.8, 4) is 0 Å². The van der Waals surface area contributed by atoms with Gasteiger partial charge in [-0.25, -0.2) is 0 Å². The minimum atomic E-state index is 0.146. The van der Waals surface area contributed by atoms with Crippen LogP contribution in [0.4, 0.5) is 0 Å². The zero-order valence-electron chi connectivity index (χ0n) is 12.5. The van der Waals surface area contributed by atoms with Gasteiger partial charge >= 0.3 is 0 Å². The molecule has 0 spiro atoms. The standard InChI is InChI=1S/C14H26N4/c1-9-12(10(2)17(6)16-9)13-11(15)7-8-18(13)14(3,4)5/h11,13H,7-8,15H2,1-6H3. The van der Waals surface area contributed by atoms with E-state index in [4.69, 9.17) is 5.73 Å². The summed E-state index contributed by atoms with van der Waals surface area (Å²) in [5.74, 6) is 0. The van der Waals surface area contributed by atoms with Crippen LogP contribution in [0.25, 0.3) is 0 Å². The van der Waals surface area contributed by atoms with Gasteiger partial charge in [-0.15, -0.1) is 0 Å². The molecule has 18 heavy (non-hydrogen) atoms. The molecule has 0 amide bonds. The first-order chi connectivity index (χ1) is 8.23. The Morgan fingerprint density at radius 1 is 1.28 bits per heavy atom. The summed E-state index contributed by atoms with van der Waals surface area (Å²) in [6, 6.07) is 0.518. The molecule has 1 aromatic rings. The van der Waals surface area contributed by atoms with E-state index < -0.39 is 0 Å². The van der Waals surface area contributed by atoms with Crippen LogP contribution in [0, 0.1) is 13.8 Å². The van der Waals surface area contributed by atoms with E-state index in [1.54, 1.807) is 0 Å². The summed E-state index contributed by atoms with van der Waals surface area (Å²) in [6.45, 7) is 12.1. The van der Waals surface area contributed by atoms with E-state index in [-0.39, 0.29) is 11.6 Å². The zero-order valence-corrected chi connectivity index (χ0v) is 12.5. The third kappa shape index (κ3) is 2.08. The fourth-order valence-corrected chi connectivity index (χ4v) is 3.16. The highest BCUT2D eigenvalue weighted by atomic mass is 15.3. The van der Waals surface area contributed by atoms with Crippen LogP contribution in [0.2, 0.25) is 0 Å². The van der Waals surface area contributed by atoms with E-state index in [1.807, 2.05) is 11.7 Å². The van der Waals surface area contributed by atoms with Crippen molar-refractivity contribution in [1.29, 1.82) is 0 Å². The molecule has 0 aromatic carbocycles. The van der Waals surface area contributed by atoms with Crippen LogP contribution in [0.15, 0.2) is 0 Å². The smallest absolute Gasteiger partial charge is 0.0644 e. The predicted octanol–water partition coefficient (Wildman–Crippen LogP) is 1.91. The molecule has 4 nitrogen and oxygen atoms in total. The molecule has 1 aliphatic heterocycles. The van der Waals surface area contributed by atoms with E-state index in [9.17, 15) is 0 Å². The fraction of sp³-hybridized carbons (Fsp3) is 0.786. The third-order valence-electron chi connectivity index (χ3n) is 4.17. The maximum Gasteiger partial charge on any atom is 0.0644 e. The van der Waals surface area contributed by atoms with Gasteiger partial charge < -0.3 is 5.73 Å². The Bertz CT molecular complexity index is 441. The lowest BCUT2D eigenvalue weighted by atomic mass is 9.95. The number of nitrogens with zero attached hydrogens (tertiary/aromatic N) is 3. The van der Waals surface area contributed by atoms with Crippen molar-refractivity contribution >= 4 is 0 Å². The largest absolute Gasteiger partial charge is 0.326 e. The van der Waals surface area contributed by atoms with Gasteiger partial charge in [0.25, 0.3) is 0 Å². The number of aryl methyl sites for hydroxylation is 2. The van der Waals surface area contributed by atoms with Gasteiger partial charge in [0, 0.05) is 36.4 Å². The molecule has 2 N–H and O–H groups in total. The van der Waals surface area contributed by atoms with E-state index in [1.165, 1.54) is 11.3 Å². The van der Waals surface area contributed by atoms with Gasteiger partial charge in [0.2, 0.25) is 0 Å². The van der Waals surface area contributed by atoms with Crippen molar-refractivity contribution in [3.05, 3.63) is 17.0 Å². The van der Waals surface area contributed by atoms with Crippen molar-refractivity contribution in [2.45, 2.75) is 58.7 Å². The van der Waals surface area contributed by atoms with E-state index in [2.05, 4.69) is 44.6 Å². The monoisotopic (exact) mass is 250 g/mol. The molecule has 1 fully saturated rings. The normalized spacial score (nSPS) is 25.9. The van der Waals surface area contributed by atoms with Crippen LogP contribution >= 0.6 is 0 Å². The van der Waals surface area contributed by atoms with Crippen LogP contribution in [-0.2, 0) is 7.05 Å². The molecule has 0 saturated carbocycles. The number of hydrogen-bond donors (Lipinski definition) is 1. The SMILES string of the molecule is Cc1nn(C)c(C)c1C1C(N)CCN1C(C)(C)C. The molecule has 1 saturated heterocycles. The van der Waals surface area contributed by atoms with E-state index in [0.29, 0.717) is 6.04 Å². The van der Waals surface area contributed by atoms with Gasteiger partial charge in [-0.1, -0.05) is 0 Å². The maximum absolute atomic E-state index is 6.37. The molecule has 0 aliphatic carbocycles. The Morgan fingerprint density at radius 3 is 2.33 bits per heavy atom. The molecule has 2 heterocycles. The van der Waals surface area contributed by atoms with Gasteiger partial charge in [0.05, 0.1) is 11.7 Å². The first-order valence-corrected chi connectivity index (χ1v) is 6.76. The molecular formula is C14H26N4. The maximum atomic E-state index is 6.37. The minimum Gasteiger partial charge on any atom is -0.326 e. The molecule has 0 radical (unpaired) electrons. The highest BCUT2D eigenvalue weighted by Gasteiger charge is 2.41. The number of nitrogens with two attached hydrogens (primary N) is 1. The van der Waals surface area contributed by atoms with Gasteiger partial charge in [0.15, 0.2) is 0 Å². The summed E-state index contributed by atoms with van der Waals surface area (Å²) < 4.78 is 1.97. The third-order valence-corrected chi connectivity index (χ3v) is 4.17. The van der Waals surface area contributed by atoms with Crippen LogP contribution in [0.3, 0.4) is 0 Å².